The Balaban J connectivity index is 1.58. The third kappa shape index (κ3) is 2.64. The Morgan fingerprint density at radius 2 is 1.40 bits per heavy atom. The van der Waals surface area contributed by atoms with E-state index in [1.807, 2.05) is 5.57 Å². The van der Waals surface area contributed by atoms with E-state index < -0.39 is 0 Å². The molecule has 0 aliphatic heterocycles. The molecule has 0 radical (unpaired) electrons. The van der Waals surface area contributed by atoms with Crippen molar-refractivity contribution >= 4 is 0 Å². The number of rotatable bonds is 0. The normalized spacial score (nSPS) is 54.1. The fourth-order valence-corrected chi connectivity index (χ4v) is 10.6. The van der Waals surface area contributed by atoms with Crippen LogP contribution in [0.1, 0.15) is 126 Å². The van der Waals surface area contributed by atoms with Gasteiger partial charge in [0.2, 0.25) is 0 Å². The van der Waals surface area contributed by atoms with Crippen LogP contribution < -0.4 is 0 Å². The van der Waals surface area contributed by atoms with Crippen LogP contribution in [-0.4, -0.2) is 0 Å². The first kappa shape index (κ1) is 21.6. The van der Waals surface area contributed by atoms with Gasteiger partial charge in [0.15, 0.2) is 0 Å². The largest absolute Gasteiger partial charge is 0.0839 e. The number of hydrogen-bond donors (Lipinski definition) is 0. The molecule has 0 N–H and O–H groups in total. The second-order valence-corrected chi connectivity index (χ2v) is 15.2. The number of hydrogen-bond acceptors (Lipinski definition) is 0. The predicted octanol–water partition coefficient (Wildman–Crippen LogP) is 9.20. The summed E-state index contributed by atoms with van der Waals surface area (Å²) in [6.45, 7) is 21.2. The summed E-state index contributed by atoms with van der Waals surface area (Å²) in [4.78, 5) is 0. The van der Waals surface area contributed by atoms with Gasteiger partial charge in [-0.2, -0.15) is 0 Å². The molecular weight excluding hydrogens is 360 g/mol. The van der Waals surface area contributed by atoms with Gasteiger partial charge in [-0.15, -0.1) is 0 Å². The smallest absolute Gasteiger partial charge is 0.00801 e. The summed E-state index contributed by atoms with van der Waals surface area (Å²) >= 11 is 0. The molecule has 4 fully saturated rings. The topological polar surface area (TPSA) is 0 Å². The minimum atomic E-state index is 0.474. The molecule has 0 heterocycles. The molecule has 4 saturated carbocycles. The maximum atomic E-state index is 2.85. The van der Waals surface area contributed by atoms with E-state index >= 15 is 0 Å². The molecule has 7 atom stereocenters. The van der Waals surface area contributed by atoms with Gasteiger partial charge in [0.05, 0.1) is 0 Å². The van der Waals surface area contributed by atoms with Gasteiger partial charge in [0.1, 0.15) is 0 Å². The molecule has 5 rings (SSSR count). The van der Waals surface area contributed by atoms with Crippen molar-refractivity contribution in [2.75, 3.05) is 0 Å². The fourth-order valence-electron chi connectivity index (χ4n) is 10.6. The summed E-state index contributed by atoms with van der Waals surface area (Å²) < 4.78 is 0. The van der Waals surface area contributed by atoms with Crippen molar-refractivity contribution in [2.24, 2.45) is 50.2 Å². The van der Waals surface area contributed by atoms with E-state index in [9.17, 15) is 0 Å². The van der Waals surface area contributed by atoms with Gasteiger partial charge >= 0.3 is 0 Å². The Labute approximate surface area is 188 Å². The summed E-state index contributed by atoms with van der Waals surface area (Å²) in [6.07, 6.45) is 18.8. The molecular formula is C30H50. The lowest BCUT2D eigenvalue weighted by molar-refractivity contribution is -0.182. The molecule has 5 aliphatic carbocycles. The lowest BCUT2D eigenvalue weighted by Gasteiger charge is -2.71. The van der Waals surface area contributed by atoms with Gasteiger partial charge in [-0.05, 0) is 114 Å². The van der Waals surface area contributed by atoms with Gasteiger partial charge < -0.3 is 0 Å². The highest BCUT2D eigenvalue weighted by Crippen LogP contribution is 2.75. The Bertz CT molecular complexity index is 754. The van der Waals surface area contributed by atoms with E-state index in [0.29, 0.717) is 32.5 Å². The van der Waals surface area contributed by atoms with Crippen LogP contribution in [-0.2, 0) is 0 Å². The van der Waals surface area contributed by atoms with Crippen molar-refractivity contribution in [1.82, 2.24) is 0 Å². The molecule has 170 valence electrons. The van der Waals surface area contributed by atoms with Gasteiger partial charge in [-0.25, -0.2) is 0 Å². The van der Waals surface area contributed by atoms with Crippen LogP contribution in [0.2, 0.25) is 0 Å². The van der Waals surface area contributed by atoms with Crippen molar-refractivity contribution in [2.45, 2.75) is 126 Å². The van der Waals surface area contributed by atoms with Crippen LogP contribution in [0.3, 0.4) is 0 Å². The second-order valence-electron chi connectivity index (χ2n) is 15.2. The monoisotopic (exact) mass is 410 g/mol. The minimum absolute atomic E-state index is 0.474. The fraction of sp³-hybridized carbons (Fsp3) is 0.933. The predicted molar refractivity (Wildman–Crippen MR) is 129 cm³/mol. The molecule has 0 aromatic carbocycles. The molecule has 0 heteroatoms. The molecule has 0 aromatic rings. The molecule has 0 bridgehead atoms. The molecule has 0 aromatic heterocycles. The van der Waals surface area contributed by atoms with E-state index in [2.05, 4.69) is 61.5 Å². The standard InChI is InChI=1S/C30H50/c1-25(2)16-17-27(5)18-19-29(7)22-10-11-23-26(3,4)13-9-14-28(23,6)21(22)12-15-30(29,8)24(27)20-25/h12,22-24H,9-11,13-20H2,1-8H3/t22-,23-,24+,27+,28+,29+,30-/m0/s1. The lowest BCUT2D eigenvalue weighted by Crippen LogP contribution is -2.62. The molecule has 0 unspecified atom stereocenters. The Kier molecular flexibility index (Phi) is 4.46. The molecule has 0 spiro atoms. The van der Waals surface area contributed by atoms with E-state index in [4.69, 9.17) is 0 Å². The van der Waals surface area contributed by atoms with Gasteiger partial charge in [-0.1, -0.05) is 73.5 Å². The maximum absolute atomic E-state index is 2.85. The van der Waals surface area contributed by atoms with E-state index in [-0.39, 0.29) is 0 Å². The van der Waals surface area contributed by atoms with Crippen molar-refractivity contribution < 1.29 is 0 Å². The van der Waals surface area contributed by atoms with Gasteiger partial charge in [-0.3, -0.25) is 0 Å². The molecule has 0 nitrogen and oxygen atoms in total. The number of fused-ring (bicyclic) bond motifs is 7. The molecule has 0 amide bonds. The second kappa shape index (κ2) is 6.20. The highest BCUT2D eigenvalue weighted by molar-refractivity contribution is 5.32. The van der Waals surface area contributed by atoms with Crippen LogP contribution in [0, 0.1) is 50.2 Å². The first-order valence-corrected chi connectivity index (χ1v) is 13.5. The van der Waals surface area contributed by atoms with Gasteiger partial charge in [0.25, 0.3) is 0 Å². The summed E-state index contributed by atoms with van der Waals surface area (Å²) in [5.74, 6) is 2.65. The van der Waals surface area contributed by atoms with Crippen molar-refractivity contribution in [3.63, 3.8) is 0 Å². The molecule has 0 saturated heterocycles. The first-order valence-electron chi connectivity index (χ1n) is 13.5. The zero-order chi connectivity index (χ0) is 21.8. The van der Waals surface area contributed by atoms with E-state index in [0.717, 1.165) is 17.8 Å². The lowest BCUT2D eigenvalue weighted by atomic mass is 9.34. The van der Waals surface area contributed by atoms with Crippen molar-refractivity contribution in [3.8, 4) is 0 Å². The van der Waals surface area contributed by atoms with Crippen LogP contribution in [0.15, 0.2) is 11.6 Å². The van der Waals surface area contributed by atoms with Crippen molar-refractivity contribution in [1.29, 1.82) is 0 Å². The zero-order valence-electron chi connectivity index (χ0n) is 21.6. The van der Waals surface area contributed by atoms with Crippen molar-refractivity contribution in [3.05, 3.63) is 11.6 Å². The van der Waals surface area contributed by atoms with E-state index in [1.165, 1.54) is 70.6 Å². The average Bonchev–Trinajstić information content (AvgIpc) is 2.64. The summed E-state index contributed by atoms with van der Waals surface area (Å²) in [7, 11) is 0. The van der Waals surface area contributed by atoms with Crippen LogP contribution in [0.25, 0.3) is 0 Å². The summed E-state index contributed by atoms with van der Waals surface area (Å²) in [5, 5.41) is 0. The third-order valence-corrected chi connectivity index (χ3v) is 12.8. The Morgan fingerprint density at radius 1 is 0.700 bits per heavy atom. The quantitative estimate of drug-likeness (QED) is 0.349. The SMILES string of the molecule is CC1(C)CC[C@]2(C)CC[C@]3(C)[C@H]4CC[C@H]5C(C)(C)CCC[C@]5(C)C4=CC[C@@]3(C)[C@@H]2C1. The first-order chi connectivity index (χ1) is 13.8. The maximum Gasteiger partial charge on any atom is -0.00801 e. The van der Waals surface area contributed by atoms with Crippen LogP contribution in [0.4, 0.5) is 0 Å². The van der Waals surface area contributed by atoms with E-state index in [1.54, 1.807) is 0 Å². The Hall–Kier alpha value is -0.260. The van der Waals surface area contributed by atoms with Gasteiger partial charge in [0, 0.05) is 0 Å². The zero-order valence-corrected chi connectivity index (χ0v) is 21.6. The minimum Gasteiger partial charge on any atom is -0.0839 e. The molecule has 30 heavy (non-hydrogen) atoms. The van der Waals surface area contributed by atoms with Crippen LogP contribution in [0.5, 0.6) is 0 Å². The summed E-state index contributed by atoms with van der Waals surface area (Å²) in [6, 6.07) is 0. The summed E-state index contributed by atoms with van der Waals surface area (Å²) in [5.41, 5.74) is 5.05. The van der Waals surface area contributed by atoms with Crippen LogP contribution >= 0.6 is 0 Å². The highest BCUT2D eigenvalue weighted by Gasteiger charge is 2.66. The third-order valence-electron chi connectivity index (χ3n) is 12.8. The number of allylic oxidation sites excluding steroid dienone is 2. The highest BCUT2D eigenvalue weighted by atomic mass is 14.7. The molecule has 5 aliphatic rings. The average molecular weight is 411 g/mol. The Morgan fingerprint density at radius 3 is 2.13 bits per heavy atom.